The summed E-state index contributed by atoms with van der Waals surface area (Å²) in [5.41, 5.74) is 0.648. The molecule has 0 saturated heterocycles. The van der Waals surface area contributed by atoms with Gasteiger partial charge in [0.05, 0.1) is 5.92 Å². The van der Waals surface area contributed by atoms with Crippen molar-refractivity contribution in [1.29, 1.82) is 0 Å². The minimum absolute atomic E-state index is 0.148. The molecule has 0 fully saturated rings. The molecule has 0 aliphatic heterocycles. The zero-order chi connectivity index (χ0) is 9.84. The van der Waals surface area contributed by atoms with Gasteiger partial charge in [-0.05, 0) is 17.7 Å². The van der Waals surface area contributed by atoms with Crippen LogP contribution in [0.4, 0.5) is 0 Å². The lowest BCUT2D eigenvalue weighted by molar-refractivity contribution is -0.141. The molecule has 0 saturated carbocycles. The third-order valence-electron chi connectivity index (χ3n) is 1.62. The monoisotopic (exact) mass is 200 g/mol. The van der Waals surface area contributed by atoms with E-state index < -0.39 is 11.9 Å². The topological polar surface area (TPSA) is 63.1 Å². The number of carboxylic acids is 1. The van der Waals surface area contributed by atoms with E-state index in [2.05, 4.69) is 9.97 Å². The van der Waals surface area contributed by atoms with Crippen molar-refractivity contribution in [3.05, 3.63) is 23.2 Å². The molecule has 1 unspecified atom stereocenters. The Morgan fingerprint density at radius 2 is 2.46 bits per heavy atom. The molecule has 0 amide bonds. The van der Waals surface area contributed by atoms with Gasteiger partial charge in [-0.15, -0.1) is 0 Å². The summed E-state index contributed by atoms with van der Waals surface area (Å²) in [6.07, 6.45) is 1.89. The highest BCUT2D eigenvalue weighted by Gasteiger charge is 2.12. The molecular weight excluding hydrogens is 192 g/mol. The number of aromatic nitrogens is 2. The van der Waals surface area contributed by atoms with Crippen molar-refractivity contribution < 1.29 is 9.90 Å². The summed E-state index contributed by atoms with van der Waals surface area (Å²) in [5, 5.41) is 8.78. The summed E-state index contributed by atoms with van der Waals surface area (Å²) >= 11 is 5.54. The molecular formula is C8H9ClN2O2. The molecule has 0 spiro atoms. The molecule has 1 heterocycles. The normalized spacial score (nSPS) is 12.5. The molecule has 1 aromatic heterocycles. The maximum atomic E-state index is 10.5. The number of hydrogen-bond acceptors (Lipinski definition) is 3. The zero-order valence-corrected chi connectivity index (χ0v) is 7.82. The van der Waals surface area contributed by atoms with Crippen LogP contribution in [0.1, 0.15) is 12.6 Å². The predicted molar refractivity (Wildman–Crippen MR) is 47.5 cm³/mol. The Hall–Kier alpha value is -1.16. The number of carboxylic acid groups (broad SMARTS) is 1. The van der Waals surface area contributed by atoms with Gasteiger partial charge in [0.2, 0.25) is 5.28 Å². The van der Waals surface area contributed by atoms with Crippen molar-refractivity contribution in [3.63, 3.8) is 0 Å². The molecule has 1 rings (SSSR count). The van der Waals surface area contributed by atoms with Crippen molar-refractivity contribution in [2.45, 2.75) is 13.3 Å². The van der Waals surface area contributed by atoms with Gasteiger partial charge in [-0.25, -0.2) is 9.97 Å². The van der Waals surface area contributed by atoms with Gasteiger partial charge in [0.1, 0.15) is 0 Å². The van der Waals surface area contributed by atoms with Crippen LogP contribution >= 0.6 is 11.6 Å². The van der Waals surface area contributed by atoms with E-state index in [4.69, 9.17) is 16.7 Å². The predicted octanol–water partition coefficient (Wildman–Crippen LogP) is 1.39. The van der Waals surface area contributed by atoms with E-state index in [1.54, 1.807) is 13.0 Å². The Morgan fingerprint density at radius 3 is 3.00 bits per heavy atom. The zero-order valence-electron chi connectivity index (χ0n) is 7.07. The van der Waals surface area contributed by atoms with Crippen LogP contribution in [0.2, 0.25) is 5.28 Å². The van der Waals surface area contributed by atoms with Crippen molar-refractivity contribution in [2.24, 2.45) is 5.92 Å². The number of carbonyl (C=O) groups is 1. The van der Waals surface area contributed by atoms with Crippen LogP contribution in [0, 0.1) is 5.92 Å². The van der Waals surface area contributed by atoms with Gasteiger partial charge in [0.15, 0.2) is 0 Å². The van der Waals surface area contributed by atoms with Crippen LogP contribution in [0.25, 0.3) is 0 Å². The fourth-order valence-electron chi connectivity index (χ4n) is 0.884. The quantitative estimate of drug-likeness (QED) is 0.749. The van der Waals surface area contributed by atoms with Gasteiger partial charge in [0.25, 0.3) is 0 Å². The molecule has 0 radical (unpaired) electrons. The highest BCUT2D eigenvalue weighted by molar-refractivity contribution is 6.28. The molecule has 1 aromatic rings. The minimum Gasteiger partial charge on any atom is -0.481 e. The molecule has 1 N–H and O–H groups in total. The van der Waals surface area contributed by atoms with Crippen LogP contribution < -0.4 is 0 Å². The first-order chi connectivity index (χ1) is 6.09. The standard InChI is InChI=1S/C8H9ClN2O2/c1-5(7(12)13)4-6-2-3-10-8(9)11-6/h2-3,5H,4H2,1H3,(H,12,13). The summed E-state index contributed by atoms with van der Waals surface area (Å²) < 4.78 is 0. The molecule has 0 aromatic carbocycles. The maximum Gasteiger partial charge on any atom is 0.306 e. The highest BCUT2D eigenvalue weighted by Crippen LogP contribution is 2.07. The fourth-order valence-corrected chi connectivity index (χ4v) is 1.05. The van der Waals surface area contributed by atoms with E-state index in [-0.39, 0.29) is 5.28 Å². The van der Waals surface area contributed by atoms with Crippen LogP contribution in [-0.4, -0.2) is 21.0 Å². The van der Waals surface area contributed by atoms with Gasteiger partial charge in [-0.1, -0.05) is 6.92 Å². The summed E-state index contributed by atoms with van der Waals surface area (Å²) in [7, 11) is 0. The van der Waals surface area contributed by atoms with E-state index in [1.165, 1.54) is 6.20 Å². The van der Waals surface area contributed by atoms with Crippen LogP contribution in [0.3, 0.4) is 0 Å². The number of nitrogens with zero attached hydrogens (tertiary/aromatic N) is 2. The Kier molecular flexibility index (Phi) is 3.19. The number of halogens is 1. The van der Waals surface area contributed by atoms with Gasteiger partial charge in [-0.3, -0.25) is 4.79 Å². The molecule has 0 aliphatic carbocycles. The molecule has 0 bridgehead atoms. The first kappa shape index (κ1) is 9.92. The van der Waals surface area contributed by atoms with E-state index in [1.807, 2.05) is 0 Å². The summed E-state index contributed by atoms with van der Waals surface area (Å²) in [6, 6.07) is 1.66. The lowest BCUT2D eigenvalue weighted by Gasteiger charge is -2.04. The molecule has 70 valence electrons. The lowest BCUT2D eigenvalue weighted by atomic mass is 10.1. The third-order valence-corrected chi connectivity index (χ3v) is 1.80. The van der Waals surface area contributed by atoms with Crippen molar-refractivity contribution in [3.8, 4) is 0 Å². The maximum absolute atomic E-state index is 10.5. The summed E-state index contributed by atoms with van der Waals surface area (Å²) in [6.45, 7) is 1.62. The number of aliphatic carboxylic acids is 1. The Morgan fingerprint density at radius 1 is 1.77 bits per heavy atom. The van der Waals surface area contributed by atoms with Gasteiger partial charge >= 0.3 is 5.97 Å². The van der Waals surface area contributed by atoms with E-state index in [0.29, 0.717) is 12.1 Å². The van der Waals surface area contributed by atoms with Crippen molar-refractivity contribution in [1.82, 2.24) is 9.97 Å². The van der Waals surface area contributed by atoms with Crippen LogP contribution in [-0.2, 0) is 11.2 Å². The van der Waals surface area contributed by atoms with Crippen LogP contribution in [0.5, 0.6) is 0 Å². The highest BCUT2D eigenvalue weighted by atomic mass is 35.5. The first-order valence-corrected chi connectivity index (χ1v) is 4.17. The second kappa shape index (κ2) is 4.18. The first-order valence-electron chi connectivity index (χ1n) is 3.80. The van der Waals surface area contributed by atoms with Gasteiger partial charge < -0.3 is 5.11 Å². The average Bonchev–Trinajstić information content (AvgIpc) is 2.04. The minimum atomic E-state index is -0.838. The van der Waals surface area contributed by atoms with Gasteiger partial charge in [-0.2, -0.15) is 0 Å². The molecule has 5 heteroatoms. The van der Waals surface area contributed by atoms with Crippen molar-refractivity contribution in [2.75, 3.05) is 0 Å². The molecule has 0 aliphatic rings. The van der Waals surface area contributed by atoms with Crippen molar-refractivity contribution >= 4 is 17.6 Å². The Balaban J connectivity index is 2.69. The third kappa shape index (κ3) is 2.99. The van der Waals surface area contributed by atoms with Gasteiger partial charge in [0, 0.05) is 18.3 Å². The average molecular weight is 201 g/mol. The van der Waals surface area contributed by atoms with Crippen LogP contribution in [0.15, 0.2) is 12.3 Å². The fraction of sp³-hybridized carbons (Fsp3) is 0.375. The Bertz CT molecular complexity index is 317. The summed E-state index contributed by atoms with van der Waals surface area (Å²) in [5.74, 6) is -1.29. The van der Waals surface area contributed by atoms with E-state index in [9.17, 15) is 4.79 Å². The number of hydrogen-bond donors (Lipinski definition) is 1. The lowest BCUT2D eigenvalue weighted by Crippen LogP contribution is -2.13. The SMILES string of the molecule is CC(Cc1ccnc(Cl)n1)C(=O)O. The molecule has 4 nitrogen and oxygen atoms in total. The van der Waals surface area contributed by atoms with E-state index >= 15 is 0 Å². The molecule has 13 heavy (non-hydrogen) atoms. The molecule has 1 atom stereocenters. The van der Waals surface area contributed by atoms with E-state index in [0.717, 1.165) is 0 Å². The number of rotatable bonds is 3. The summed E-state index contributed by atoms with van der Waals surface area (Å²) in [4.78, 5) is 18.1. The Labute approximate surface area is 80.6 Å². The smallest absolute Gasteiger partial charge is 0.306 e. The second-order valence-corrected chi connectivity index (χ2v) is 3.10. The largest absolute Gasteiger partial charge is 0.481 e. The second-order valence-electron chi connectivity index (χ2n) is 2.76.